The van der Waals surface area contributed by atoms with Crippen LogP contribution in [0.15, 0.2) is 73.3 Å². The number of ether oxygens (including phenoxy) is 4. The lowest BCUT2D eigenvalue weighted by Gasteiger charge is -2.18. The summed E-state index contributed by atoms with van der Waals surface area (Å²) in [6.07, 6.45) is 3.85. The molecule has 16 nitrogen and oxygen atoms in total. The Morgan fingerprint density at radius 3 is 1.12 bits per heavy atom. The molecule has 20 heteroatoms. The molecule has 8 aromatic rings. The average molecular weight is 1390 g/mol. The van der Waals surface area contributed by atoms with Gasteiger partial charge in [-0.2, -0.15) is 24.1 Å². The Balaban J connectivity index is 0.000000249. The predicted molar refractivity (Wildman–Crippen MR) is 397 cm³/mol. The third-order valence-corrected chi connectivity index (χ3v) is 16.7. The summed E-state index contributed by atoms with van der Waals surface area (Å²) in [6.45, 7) is 57.5. The van der Waals surface area contributed by atoms with Crippen molar-refractivity contribution < 1.29 is 36.5 Å². The zero-order chi connectivity index (χ0) is 75.6. The molecule has 100 heavy (non-hydrogen) atoms. The van der Waals surface area contributed by atoms with Crippen LogP contribution < -0.4 is 18.9 Å². The average Bonchev–Trinajstić information content (AvgIpc) is 1.60. The maximum Gasteiger partial charge on any atom is 0.586 e. The molecule has 3 aromatic carbocycles. The van der Waals surface area contributed by atoms with Gasteiger partial charge in [-0.15, -0.1) is 19.0 Å². The Kier molecular flexibility index (Phi) is 32.0. The van der Waals surface area contributed by atoms with E-state index in [-0.39, 0.29) is 40.7 Å². The highest BCUT2D eigenvalue weighted by molar-refractivity contribution is 5.82. The summed E-state index contributed by atoms with van der Waals surface area (Å²) in [7, 11) is 3.60. The molecule has 7 heterocycles. The number of hydrogen-bond donors (Lipinski definition) is 0. The molecule has 5 aromatic heterocycles. The van der Waals surface area contributed by atoms with E-state index in [1.807, 2.05) is 116 Å². The summed E-state index contributed by atoms with van der Waals surface area (Å²) >= 11 is 0. The Labute approximate surface area is 595 Å². The van der Waals surface area contributed by atoms with Gasteiger partial charge in [0.25, 0.3) is 0 Å². The first-order valence-electron chi connectivity index (χ1n) is 35.7. The molecule has 0 saturated heterocycles. The van der Waals surface area contributed by atoms with E-state index in [0.29, 0.717) is 76.4 Å². The van der Waals surface area contributed by atoms with E-state index in [4.69, 9.17) is 9.47 Å². The molecule has 0 fully saturated rings. The van der Waals surface area contributed by atoms with Crippen LogP contribution in [0.5, 0.6) is 23.1 Å². The van der Waals surface area contributed by atoms with Crippen molar-refractivity contribution in [2.75, 3.05) is 13.7 Å². The highest BCUT2D eigenvalue weighted by atomic mass is 19.3. The molecule has 0 aliphatic carbocycles. The van der Waals surface area contributed by atoms with Gasteiger partial charge in [-0.05, 0) is 105 Å². The van der Waals surface area contributed by atoms with Crippen molar-refractivity contribution in [3.05, 3.63) is 158 Å². The van der Waals surface area contributed by atoms with Gasteiger partial charge in [-0.25, -0.2) is 14.6 Å². The molecule has 0 N–H and O–H groups in total. The van der Waals surface area contributed by atoms with E-state index < -0.39 is 18.8 Å². The first kappa shape index (κ1) is 84.6. The third-order valence-electron chi connectivity index (χ3n) is 16.7. The lowest BCUT2D eigenvalue weighted by atomic mass is 9.89. The number of rotatable bonds is 15. The van der Waals surface area contributed by atoms with Gasteiger partial charge in [0.05, 0.1) is 58.6 Å². The number of aryl methyl sites for hydroxylation is 1. The highest BCUT2D eigenvalue weighted by Gasteiger charge is 2.47. The van der Waals surface area contributed by atoms with Crippen LogP contribution >= 0.6 is 0 Å². The number of aromatic nitrogens is 12. The summed E-state index contributed by atoms with van der Waals surface area (Å²) < 4.78 is 75.7. The van der Waals surface area contributed by atoms with E-state index in [9.17, 15) is 17.6 Å². The number of fused-ring (bicyclic) bond motifs is 3. The van der Waals surface area contributed by atoms with Gasteiger partial charge in [-0.3, -0.25) is 15.0 Å². The molecule has 10 rings (SSSR count). The van der Waals surface area contributed by atoms with Crippen LogP contribution in [0.3, 0.4) is 0 Å². The molecule has 0 atom stereocenters. The van der Waals surface area contributed by atoms with Gasteiger partial charge in [0.1, 0.15) is 17.0 Å². The van der Waals surface area contributed by atoms with Crippen molar-refractivity contribution in [2.45, 2.75) is 289 Å². The molecule has 2 aliphatic heterocycles. The van der Waals surface area contributed by atoms with Crippen molar-refractivity contribution in [1.29, 1.82) is 0 Å². The molecular formula is C80H118F4N12O4. The summed E-state index contributed by atoms with van der Waals surface area (Å²) in [5, 5.41) is 24.9. The zero-order valence-electron chi connectivity index (χ0n) is 65.7. The second kappa shape index (κ2) is 37.8. The Bertz CT molecular complexity index is 3540. The minimum atomic E-state index is -3.54. The zero-order valence-corrected chi connectivity index (χ0v) is 65.7. The maximum atomic E-state index is 13.9. The molecule has 0 amide bonds. The van der Waals surface area contributed by atoms with Crippen LogP contribution in [-0.2, 0) is 13.0 Å². The molecule has 0 unspecified atom stereocenters. The predicted octanol–water partition coefficient (Wildman–Crippen LogP) is 22.2. The van der Waals surface area contributed by atoms with Crippen LogP contribution in [0.25, 0.3) is 11.0 Å². The topological polar surface area (TPSA) is 184 Å². The smallest absolute Gasteiger partial charge is 0.486 e. The highest BCUT2D eigenvalue weighted by Crippen LogP contribution is 2.50. The quantitative estimate of drug-likeness (QED) is 0.0883. The fraction of sp³-hybridized carbons (Fsp3) is 0.588. The Morgan fingerprint density at radius 1 is 0.380 bits per heavy atom. The summed E-state index contributed by atoms with van der Waals surface area (Å²) in [5.74, 6) is 4.30. The number of hydrogen-bond acceptors (Lipinski definition) is 15. The second-order valence-electron chi connectivity index (χ2n) is 30.0. The first-order valence-corrected chi connectivity index (χ1v) is 35.7. The molecule has 0 radical (unpaired) electrons. The van der Waals surface area contributed by atoms with E-state index in [0.717, 1.165) is 67.9 Å². The normalized spacial score (nSPS) is 13.3. The number of methoxy groups -OCH3 is 1. The van der Waals surface area contributed by atoms with Crippen LogP contribution in [0.1, 0.15) is 361 Å². The Morgan fingerprint density at radius 2 is 0.760 bits per heavy atom. The van der Waals surface area contributed by atoms with Crippen molar-refractivity contribution in [1.82, 2.24) is 60.3 Å². The van der Waals surface area contributed by atoms with Gasteiger partial charge >= 0.3 is 12.2 Å². The molecule has 0 bridgehead atoms. The van der Waals surface area contributed by atoms with Gasteiger partial charge < -0.3 is 18.9 Å². The van der Waals surface area contributed by atoms with Gasteiger partial charge in [0.2, 0.25) is 5.88 Å². The molecule has 2 aliphatic rings. The minimum Gasteiger partial charge on any atom is -0.486 e. The van der Waals surface area contributed by atoms with Crippen molar-refractivity contribution in [3.63, 3.8) is 0 Å². The summed E-state index contributed by atoms with van der Waals surface area (Å²) in [6, 6.07) is 15.9. The second-order valence-corrected chi connectivity index (χ2v) is 30.0. The molecule has 0 saturated carbocycles. The van der Waals surface area contributed by atoms with E-state index >= 15 is 0 Å². The van der Waals surface area contributed by atoms with E-state index in [1.165, 1.54) is 16.6 Å². The summed E-state index contributed by atoms with van der Waals surface area (Å²) in [4.78, 5) is 21.7. The maximum absolute atomic E-state index is 13.9. The number of benzene rings is 3. The lowest BCUT2D eigenvalue weighted by molar-refractivity contribution is -0.287. The van der Waals surface area contributed by atoms with Crippen LogP contribution in [0, 0.1) is 0 Å². The van der Waals surface area contributed by atoms with Crippen LogP contribution in [0.2, 0.25) is 0 Å². The van der Waals surface area contributed by atoms with Gasteiger partial charge in [-0.1, -0.05) is 235 Å². The third kappa shape index (κ3) is 23.4. The molecule has 0 spiro atoms. The largest absolute Gasteiger partial charge is 0.586 e. The molecular weight excluding hydrogens is 1270 g/mol. The lowest BCUT2D eigenvalue weighted by Crippen LogP contribution is -2.26. The summed E-state index contributed by atoms with van der Waals surface area (Å²) in [5.41, 5.74) is 15.2. The van der Waals surface area contributed by atoms with Crippen LogP contribution in [-0.4, -0.2) is 80.3 Å². The van der Waals surface area contributed by atoms with Gasteiger partial charge in [0.15, 0.2) is 23.9 Å². The standard InChI is InChI=1S/C14H18F2O.C13H16F2O2.C13H19N3.C11H18N2O.2C10H16N2.C9H15N3/c1-8(2)10-5-6-11(9(3)4)13-12(10)14(15,16)7-17-13;1-7(2)9-5-6-10(8(3)4)12-11(9)16-13(14,15)17-12;1-8(2)10-6-7-11(9(3)4)13-12(10)14-15-16(13)5;1-7(2)9-6-12-10(8(3)4)11(13-9)14-5;1-7(2)9-5-12-10(6-11-9)8(3)4;1-7(2)9-5-6-10(8(3)4)12-11-9;1-6(2)8-5-10-9(7(3)4)12-11-8/h5-6,8-9H,7H2,1-4H3;5-8H,1-4H3;6-9H,1-5H3;6-8H,1-5H3;2*5-8H,1-4H3;5-7H,1-4H3. The monoisotopic (exact) mass is 1390 g/mol. The molecule has 550 valence electrons. The Hall–Kier alpha value is -7.77. The van der Waals surface area contributed by atoms with Gasteiger partial charge in [0, 0.05) is 48.6 Å². The minimum absolute atomic E-state index is 0.0811. The number of halogens is 4. The van der Waals surface area contributed by atoms with Crippen LogP contribution in [0.4, 0.5) is 17.6 Å². The first-order chi connectivity index (χ1) is 46.6. The number of nitrogens with zero attached hydrogens (tertiary/aromatic N) is 12. The van der Waals surface area contributed by atoms with E-state index in [2.05, 4.69) is 228 Å². The fourth-order valence-electron chi connectivity index (χ4n) is 10.4. The fourth-order valence-corrected chi connectivity index (χ4v) is 10.4. The van der Waals surface area contributed by atoms with E-state index in [1.54, 1.807) is 7.11 Å². The SMILES string of the molecule is CC(C)c1ccc(C(C)C)c2c1OC(F)(F)O2.CC(C)c1ccc(C(C)C)c2c1OCC2(F)F.CC(C)c1ccc(C(C)C)c2c1nnn2C.CC(C)c1ccc(C(C)C)nn1.CC(C)c1cnc(C(C)C)cn1.CC(C)c1cnc(C(C)C)nn1.COc1nc(C(C)C)cnc1C(C)C. The van der Waals surface area contributed by atoms with Crippen molar-refractivity contribution in [3.8, 4) is 23.1 Å². The van der Waals surface area contributed by atoms with Crippen molar-refractivity contribution in [2.24, 2.45) is 7.05 Å². The number of alkyl halides is 4. The van der Waals surface area contributed by atoms with Crippen molar-refractivity contribution >= 4 is 11.0 Å².